The lowest BCUT2D eigenvalue weighted by atomic mass is 10.1. The van der Waals surface area contributed by atoms with Gasteiger partial charge in [-0.05, 0) is 38.1 Å². The van der Waals surface area contributed by atoms with Crippen LogP contribution >= 0.6 is 0 Å². The summed E-state index contributed by atoms with van der Waals surface area (Å²) in [6.07, 6.45) is 2.24. The van der Waals surface area contributed by atoms with Gasteiger partial charge in [0, 0.05) is 30.2 Å². The van der Waals surface area contributed by atoms with Gasteiger partial charge in [0.15, 0.2) is 11.6 Å². The topological polar surface area (TPSA) is 52.0 Å². The molecule has 23 heavy (non-hydrogen) atoms. The number of hydrogen-bond donors (Lipinski definition) is 1. The molecule has 1 N–H and O–H groups in total. The predicted octanol–water partition coefficient (Wildman–Crippen LogP) is 2.85. The number of halogens is 1. The van der Waals surface area contributed by atoms with Gasteiger partial charge in [0.25, 0.3) is 0 Å². The van der Waals surface area contributed by atoms with Crippen molar-refractivity contribution in [2.75, 3.05) is 6.54 Å². The smallest absolute Gasteiger partial charge is 0.225 e. The molecule has 1 aromatic carbocycles. The third kappa shape index (κ3) is 2.26. The van der Waals surface area contributed by atoms with Crippen molar-refractivity contribution in [1.82, 2.24) is 19.9 Å². The van der Waals surface area contributed by atoms with Gasteiger partial charge in [0.2, 0.25) is 5.88 Å². The molecule has 1 aliphatic rings. The molecule has 2 aromatic heterocycles. The normalized spacial score (nSPS) is 14.0. The van der Waals surface area contributed by atoms with Crippen LogP contribution in [0.25, 0.3) is 10.9 Å². The number of benzene rings is 1. The molecule has 6 heteroatoms. The second-order valence-corrected chi connectivity index (χ2v) is 5.79. The number of fused-ring (bicyclic) bond motifs is 2. The number of nitrogens with zero attached hydrogens (tertiary/aromatic N) is 3. The average Bonchev–Trinajstić information content (AvgIpc) is 2.86. The van der Waals surface area contributed by atoms with Gasteiger partial charge in [-0.3, -0.25) is 0 Å². The van der Waals surface area contributed by atoms with Crippen LogP contribution in [0.4, 0.5) is 4.39 Å². The zero-order valence-electron chi connectivity index (χ0n) is 13.1. The van der Waals surface area contributed by atoms with Crippen molar-refractivity contribution in [1.29, 1.82) is 0 Å². The Hall–Kier alpha value is -2.47. The SMILES string of the molecule is Cc1cc2c(F)c(Oc3ncnc4c3CCNC4)ccc2n1C. The third-order valence-corrected chi connectivity index (χ3v) is 4.41. The van der Waals surface area contributed by atoms with E-state index in [-0.39, 0.29) is 11.6 Å². The molecular formula is C17H17FN4O. The van der Waals surface area contributed by atoms with Gasteiger partial charge in [-0.15, -0.1) is 0 Å². The maximum Gasteiger partial charge on any atom is 0.225 e. The molecule has 0 spiro atoms. The molecular weight excluding hydrogens is 295 g/mol. The van der Waals surface area contributed by atoms with Crippen LogP contribution in [0.2, 0.25) is 0 Å². The highest BCUT2D eigenvalue weighted by Gasteiger charge is 2.19. The maximum atomic E-state index is 14.8. The summed E-state index contributed by atoms with van der Waals surface area (Å²) >= 11 is 0. The van der Waals surface area contributed by atoms with E-state index in [1.807, 2.05) is 30.7 Å². The Morgan fingerprint density at radius 1 is 1.30 bits per heavy atom. The Labute approximate surface area is 133 Å². The van der Waals surface area contributed by atoms with Crippen molar-refractivity contribution < 1.29 is 9.13 Å². The van der Waals surface area contributed by atoms with Crippen LogP contribution < -0.4 is 10.1 Å². The molecule has 0 radical (unpaired) electrons. The van der Waals surface area contributed by atoms with Gasteiger partial charge >= 0.3 is 0 Å². The molecule has 0 aliphatic carbocycles. The first kappa shape index (κ1) is 14.1. The van der Waals surface area contributed by atoms with Crippen LogP contribution in [-0.4, -0.2) is 21.1 Å². The Morgan fingerprint density at radius 3 is 3.04 bits per heavy atom. The molecule has 3 heterocycles. The molecule has 4 rings (SSSR count). The van der Waals surface area contributed by atoms with E-state index in [1.54, 1.807) is 6.07 Å². The minimum atomic E-state index is -0.354. The molecule has 5 nitrogen and oxygen atoms in total. The number of rotatable bonds is 2. The summed E-state index contributed by atoms with van der Waals surface area (Å²) in [5, 5.41) is 3.82. The fourth-order valence-corrected chi connectivity index (χ4v) is 3.01. The zero-order chi connectivity index (χ0) is 16.0. The summed E-state index contributed by atoms with van der Waals surface area (Å²) in [4.78, 5) is 8.46. The fraction of sp³-hybridized carbons (Fsp3) is 0.294. The maximum absolute atomic E-state index is 14.8. The fourth-order valence-electron chi connectivity index (χ4n) is 3.01. The van der Waals surface area contributed by atoms with Gasteiger partial charge in [-0.2, -0.15) is 0 Å². The number of nitrogens with one attached hydrogen (secondary N) is 1. The highest BCUT2D eigenvalue weighted by atomic mass is 19.1. The molecule has 0 bridgehead atoms. The Bertz CT molecular complexity index is 903. The molecule has 1 aliphatic heterocycles. The summed E-state index contributed by atoms with van der Waals surface area (Å²) < 4.78 is 22.5. The number of aromatic nitrogens is 3. The van der Waals surface area contributed by atoms with Crippen LogP contribution in [0, 0.1) is 12.7 Å². The molecule has 3 aromatic rings. The van der Waals surface area contributed by atoms with Gasteiger partial charge in [0.05, 0.1) is 11.2 Å². The Balaban J connectivity index is 1.78. The Morgan fingerprint density at radius 2 is 2.17 bits per heavy atom. The van der Waals surface area contributed by atoms with E-state index in [4.69, 9.17) is 4.74 Å². The zero-order valence-corrected chi connectivity index (χ0v) is 13.1. The van der Waals surface area contributed by atoms with E-state index < -0.39 is 0 Å². The molecule has 0 atom stereocenters. The van der Waals surface area contributed by atoms with Crippen molar-refractivity contribution in [3.05, 3.63) is 47.3 Å². The largest absolute Gasteiger partial charge is 0.436 e. The predicted molar refractivity (Wildman–Crippen MR) is 85.1 cm³/mol. The first-order valence-corrected chi connectivity index (χ1v) is 7.61. The summed E-state index contributed by atoms with van der Waals surface area (Å²) in [6.45, 7) is 3.48. The summed E-state index contributed by atoms with van der Waals surface area (Å²) in [6, 6.07) is 5.36. The van der Waals surface area contributed by atoms with Gasteiger partial charge in [0.1, 0.15) is 6.33 Å². The summed E-state index contributed by atoms with van der Waals surface area (Å²) in [5.74, 6) is 0.289. The molecule has 0 saturated carbocycles. The van der Waals surface area contributed by atoms with E-state index in [9.17, 15) is 4.39 Å². The quantitative estimate of drug-likeness (QED) is 0.790. The van der Waals surface area contributed by atoms with E-state index in [0.29, 0.717) is 17.8 Å². The lowest BCUT2D eigenvalue weighted by molar-refractivity contribution is 0.418. The highest BCUT2D eigenvalue weighted by Crippen LogP contribution is 2.32. The lowest BCUT2D eigenvalue weighted by Crippen LogP contribution is -2.25. The molecule has 0 unspecified atom stereocenters. The molecule has 118 valence electrons. The van der Waals surface area contributed by atoms with Crippen LogP contribution in [0.3, 0.4) is 0 Å². The second kappa shape index (κ2) is 5.31. The van der Waals surface area contributed by atoms with E-state index in [1.165, 1.54) is 6.33 Å². The van der Waals surface area contributed by atoms with Crippen LogP contribution in [0.5, 0.6) is 11.6 Å². The van der Waals surface area contributed by atoms with Gasteiger partial charge in [-0.1, -0.05) is 0 Å². The van der Waals surface area contributed by atoms with E-state index >= 15 is 0 Å². The van der Waals surface area contributed by atoms with Crippen molar-refractivity contribution >= 4 is 10.9 Å². The highest BCUT2D eigenvalue weighted by molar-refractivity contribution is 5.83. The third-order valence-electron chi connectivity index (χ3n) is 4.41. The van der Waals surface area contributed by atoms with Crippen molar-refractivity contribution in [3.63, 3.8) is 0 Å². The van der Waals surface area contributed by atoms with Crippen LogP contribution in [-0.2, 0) is 20.0 Å². The minimum absolute atomic E-state index is 0.197. The summed E-state index contributed by atoms with van der Waals surface area (Å²) in [7, 11) is 1.92. The van der Waals surface area contributed by atoms with Gasteiger partial charge in [-0.25, -0.2) is 14.4 Å². The van der Waals surface area contributed by atoms with Crippen LogP contribution in [0.1, 0.15) is 17.0 Å². The lowest BCUT2D eigenvalue weighted by Gasteiger charge is -2.18. The van der Waals surface area contributed by atoms with Gasteiger partial charge < -0.3 is 14.6 Å². The monoisotopic (exact) mass is 312 g/mol. The molecule has 0 fully saturated rings. The van der Waals surface area contributed by atoms with E-state index in [0.717, 1.165) is 35.4 Å². The molecule has 0 saturated heterocycles. The Kier molecular flexibility index (Phi) is 3.27. The first-order chi connectivity index (χ1) is 11.1. The molecule has 0 amide bonds. The van der Waals surface area contributed by atoms with Crippen molar-refractivity contribution in [3.8, 4) is 11.6 Å². The first-order valence-electron chi connectivity index (χ1n) is 7.61. The minimum Gasteiger partial charge on any atom is -0.436 e. The summed E-state index contributed by atoms with van der Waals surface area (Å²) in [5.41, 5.74) is 3.72. The van der Waals surface area contributed by atoms with Crippen molar-refractivity contribution in [2.24, 2.45) is 7.05 Å². The standard InChI is InChI=1S/C17H17FN4O/c1-10-7-12-14(22(10)2)3-4-15(16(12)18)23-17-11-5-6-19-8-13(11)20-9-21-17/h3-4,7,9,19H,5-6,8H2,1-2H3. The number of hydrogen-bond acceptors (Lipinski definition) is 4. The second-order valence-electron chi connectivity index (χ2n) is 5.79. The van der Waals surface area contributed by atoms with Crippen LogP contribution in [0.15, 0.2) is 24.5 Å². The number of ether oxygens (including phenoxy) is 1. The van der Waals surface area contributed by atoms with E-state index in [2.05, 4.69) is 15.3 Å². The average molecular weight is 312 g/mol. The van der Waals surface area contributed by atoms with Crippen molar-refractivity contribution in [2.45, 2.75) is 19.9 Å². The number of aryl methyl sites for hydroxylation is 2.